The van der Waals surface area contributed by atoms with Crippen molar-refractivity contribution < 1.29 is 9.53 Å². The lowest BCUT2D eigenvalue weighted by molar-refractivity contribution is -0.125. The number of hydrogen-bond donors (Lipinski definition) is 2. The third-order valence-corrected chi connectivity index (χ3v) is 4.84. The maximum atomic E-state index is 12.0. The zero-order valence-corrected chi connectivity index (χ0v) is 12.7. The van der Waals surface area contributed by atoms with Crippen LogP contribution in [0.4, 0.5) is 0 Å². The van der Waals surface area contributed by atoms with Crippen molar-refractivity contribution in [3.63, 3.8) is 0 Å². The van der Waals surface area contributed by atoms with Gasteiger partial charge < -0.3 is 15.8 Å². The molecule has 0 aromatic rings. The number of rotatable bonds is 5. The SMILES string of the molecule is CC(CN)C(=O)NCC1(N2CCCCC2)CCOCC1. The first-order valence-electron chi connectivity index (χ1n) is 7.98. The molecule has 1 amide bonds. The molecule has 2 aliphatic rings. The number of ether oxygens (including phenoxy) is 1. The molecule has 5 nitrogen and oxygen atoms in total. The minimum absolute atomic E-state index is 0.0791. The van der Waals surface area contributed by atoms with Gasteiger partial charge in [0.05, 0.1) is 0 Å². The number of amides is 1. The fourth-order valence-electron chi connectivity index (χ4n) is 3.26. The number of hydrogen-bond acceptors (Lipinski definition) is 4. The third-order valence-electron chi connectivity index (χ3n) is 4.84. The van der Waals surface area contributed by atoms with E-state index in [-0.39, 0.29) is 17.4 Å². The van der Waals surface area contributed by atoms with Gasteiger partial charge in [-0.15, -0.1) is 0 Å². The first-order valence-corrected chi connectivity index (χ1v) is 7.98. The van der Waals surface area contributed by atoms with Gasteiger partial charge in [0.2, 0.25) is 5.91 Å². The summed E-state index contributed by atoms with van der Waals surface area (Å²) in [6.07, 6.45) is 5.92. The summed E-state index contributed by atoms with van der Waals surface area (Å²) in [7, 11) is 0. The molecule has 5 heteroatoms. The molecular weight excluding hydrogens is 254 g/mol. The molecule has 0 aromatic carbocycles. The van der Waals surface area contributed by atoms with Crippen molar-refractivity contribution in [1.29, 1.82) is 0 Å². The molecule has 20 heavy (non-hydrogen) atoms. The van der Waals surface area contributed by atoms with Crippen molar-refractivity contribution >= 4 is 5.91 Å². The lowest BCUT2D eigenvalue weighted by Crippen LogP contribution is -2.60. The summed E-state index contributed by atoms with van der Waals surface area (Å²) in [4.78, 5) is 14.6. The van der Waals surface area contributed by atoms with E-state index in [0.29, 0.717) is 6.54 Å². The number of nitrogens with two attached hydrogens (primary N) is 1. The summed E-state index contributed by atoms with van der Waals surface area (Å²) in [5, 5.41) is 3.13. The van der Waals surface area contributed by atoms with E-state index in [2.05, 4.69) is 10.2 Å². The molecule has 2 fully saturated rings. The summed E-state index contributed by atoms with van der Waals surface area (Å²) >= 11 is 0. The Labute approximate surface area is 122 Å². The topological polar surface area (TPSA) is 67.6 Å². The Morgan fingerprint density at radius 1 is 1.30 bits per heavy atom. The average molecular weight is 283 g/mol. The van der Waals surface area contributed by atoms with Crippen LogP contribution in [-0.2, 0) is 9.53 Å². The van der Waals surface area contributed by atoms with Gasteiger partial charge in [0.25, 0.3) is 0 Å². The van der Waals surface area contributed by atoms with Crippen LogP contribution >= 0.6 is 0 Å². The Kier molecular flexibility index (Phi) is 5.81. The third kappa shape index (κ3) is 3.71. The number of carbonyl (C=O) groups is 1. The molecular formula is C15H29N3O2. The Morgan fingerprint density at radius 3 is 2.55 bits per heavy atom. The van der Waals surface area contributed by atoms with E-state index in [4.69, 9.17) is 10.5 Å². The van der Waals surface area contributed by atoms with Gasteiger partial charge in [0.1, 0.15) is 0 Å². The first kappa shape index (κ1) is 15.7. The Hall–Kier alpha value is -0.650. The highest BCUT2D eigenvalue weighted by Gasteiger charge is 2.39. The van der Waals surface area contributed by atoms with E-state index < -0.39 is 0 Å². The maximum absolute atomic E-state index is 12.0. The molecule has 2 rings (SSSR count). The highest BCUT2D eigenvalue weighted by Crippen LogP contribution is 2.30. The number of likely N-dealkylation sites (tertiary alicyclic amines) is 1. The number of nitrogens with zero attached hydrogens (tertiary/aromatic N) is 1. The molecule has 1 atom stereocenters. The highest BCUT2D eigenvalue weighted by molar-refractivity contribution is 5.78. The van der Waals surface area contributed by atoms with Gasteiger partial charge in [-0.25, -0.2) is 0 Å². The zero-order valence-electron chi connectivity index (χ0n) is 12.7. The van der Waals surface area contributed by atoms with Crippen molar-refractivity contribution in [2.24, 2.45) is 11.7 Å². The molecule has 0 bridgehead atoms. The van der Waals surface area contributed by atoms with E-state index in [9.17, 15) is 4.79 Å². The van der Waals surface area contributed by atoms with Crippen molar-refractivity contribution in [2.75, 3.05) is 39.4 Å². The van der Waals surface area contributed by atoms with Crippen LogP contribution in [0, 0.1) is 5.92 Å². The second-order valence-corrected chi connectivity index (χ2v) is 6.24. The van der Waals surface area contributed by atoms with E-state index in [1.54, 1.807) is 0 Å². The maximum Gasteiger partial charge on any atom is 0.224 e. The van der Waals surface area contributed by atoms with Crippen LogP contribution in [-0.4, -0.2) is 55.7 Å². The van der Waals surface area contributed by atoms with E-state index in [1.165, 1.54) is 19.3 Å². The molecule has 0 aromatic heterocycles. The quantitative estimate of drug-likeness (QED) is 0.780. The van der Waals surface area contributed by atoms with Gasteiger partial charge in [-0.2, -0.15) is 0 Å². The summed E-state index contributed by atoms with van der Waals surface area (Å²) in [6, 6.07) is 0. The number of piperidine rings is 1. The first-order chi connectivity index (χ1) is 9.68. The predicted octanol–water partition coefficient (Wildman–Crippen LogP) is 0.733. The van der Waals surface area contributed by atoms with Crippen molar-refractivity contribution in [3.05, 3.63) is 0 Å². The Morgan fingerprint density at radius 2 is 1.95 bits per heavy atom. The summed E-state index contributed by atoms with van der Waals surface area (Å²) in [5.41, 5.74) is 5.67. The lowest BCUT2D eigenvalue weighted by atomic mass is 9.86. The second kappa shape index (κ2) is 7.38. The van der Waals surface area contributed by atoms with Gasteiger partial charge in [0.15, 0.2) is 0 Å². The summed E-state index contributed by atoms with van der Waals surface area (Å²) < 4.78 is 5.53. The smallest absolute Gasteiger partial charge is 0.224 e. The minimum Gasteiger partial charge on any atom is -0.381 e. The van der Waals surface area contributed by atoms with Gasteiger partial charge in [-0.1, -0.05) is 13.3 Å². The monoisotopic (exact) mass is 283 g/mol. The van der Waals surface area contributed by atoms with Crippen molar-refractivity contribution in [2.45, 2.75) is 44.6 Å². The number of carbonyl (C=O) groups excluding carboxylic acids is 1. The highest BCUT2D eigenvalue weighted by atomic mass is 16.5. The predicted molar refractivity (Wildman–Crippen MR) is 79.4 cm³/mol. The molecule has 0 aliphatic carbocycles. The van der Waals surface area contributed by atoms with Gasteiger partial charge >= 0.3 is 0 Å². The van der Waals surface area contributed by atoms with Crippen molar-refractivity contribution in [1.82, 2.24) is 10.2 Å². The van der Waals surface area contributed by atoms with Crippen LogP contribution in [0.5, 0.6) is 0 Å². The Balaban J connectivity index is 1.97. The van der Waals surface area contributed by atoms with Gasteiger partial charge in [-0.05, 0) is 38.8 Å². The number of nitrogens with one attached hydrogen (secondary N) is 1. The Bertz CT molecular complexity index is 310. The molecule has 2 heterocycles. The standard InChI is InChI=1S/C15H29N3O2/c1-13(11-16)14(19)17-12-15(5-9-20-10-6-15)18-7-3-2-4-8-18/h13H,2-12,16H2,1H3,(H,17,19). The van der Waals surface area contributed by atoms with E-state index in [1.807, 2.05) is 6.92 Å². The van der Waals surface area contributed by atoms with Crippen LogP contribution in [0.3, 0.4) is 0 Å². The van der Waals surface area contributed by atoms with Crippen molar-refractivity contribution in [3.8, 4) is 0 Å². The van der Waals surface area contributed by atoms with E-state index >= 15 is 0 Å². The van der Waals surface area contributed by atoms with E-state index in [0.717, 1.165) is 45.7 Å². The molecule has 0 saturated carbocycles. The minimum atomic E-state index is -0.103. The molecule has 0 spiro atoms. The van der Waals surface area contributed by atoms with Gasteiger partial charge in [-0.3, -0.25) is 9.69 Å². The fraction of sp³-hybridized carbons (Fsp3) is 0.933. The molecule has 2 aliphatic heterocycles. The largest absolute Gasteiger partial charge is 0.381 e. The zero-order chi connectivity index (χ0) is 14.4. The summed E-state index contributed by atoms with van der Waals surface area (Å²) in [5.74, 6) is -0.0244. The molecule has 116 valence electrons. The molecule has 3 N–H and O–H groups in total. The fourth-order valence-corrected chi connectivity index (χ4v) is 3.26. The van der Waals surface area contributed by atoms with Crippen LogP contribution < -0.4 is 11.1 Å². The molecule has 1 unspecified atom stereocenters. The second-order valence-electron chi connectivity index (χ2n) is 6.24. The van der Waals surface area contributed by atoms with Crippen LogP contribution in [0.2, 0.25) is 0 Å². The summed E-state index contributed by atoms with van der Waals surface area (Å²) in [6.45, 7) is 6.94. The molecule has 0 radical (unpaired) electrons. The lowest BCUT2D eigenvalue weighted by Gasteiger charge is -2.48. The normalized spacial score (nSPS) is 25.1. The van der Waals surface area contributed by atoms with Crippen LogP contribution in [0.1, 0.15) is 39.0 Å². The average Bonchev–Trinajstić information content (AvgIpc) is 2.53. The van der Waals surface area contributed by atoms with Crippen LogP contribution in [0.25, 0.3) is 0 Å². The molecule has 2 saturated heterocycles. The van der Waals surface area contributed by atoms with Gasteiger partial charge in [0, 0.05) is 37.8 Å². The van der Waals surface area contributed by atoms with Crippen LogP contribution in [0.15, 0.2) is 0 Å².